The number of anilines is 2. The van der Waals surface area contributed by atoms with Gasteiger partial charge in [0.05, 0.1) is 17.2 Å². The van der Waals surface area contributed by atoms with Crippen LogP contribution in [0.25, 0.3) is 16.7 Å². The van der Waals surface area contributed by atoms with Gasteiger partial charge in [-0.3, -0.25) is 9.36 Å². The van der Waals surface area contributed by atoms with Crippen LogP contribution in [-0.2, 0) is 6.54 Å². The second-order valence-corrected chi connectivity index (χ2v) is 8.63. The van der Waals surface area contributed by atoms with Gasteiger partial charge in [-0.05, 0) is 43.3 Å². The number of aromatic nitrogens is 6. The zero-order valence-corrected chi connectivity index (χ0v) is 18.6. The first kappa shape index (κ1) is 20.5. The number of thioether (sulfide) groups is 1. The number of hydrogen-bond acceptors (Lipinski definition) is 7. The molecule has 0 amide bonds. The number of hydrogen-bond donors (Lipinski definition) is 1. The number of aryl methyl sites for hydroxylation is 2. The largest absolute Gasteiger partial charge is 0.340 e. The minimum atomic E-state index is -0.0501. The minimum absolute atomic E-state index is 0.0501. The van der Waals surface area contributed by atoms with Crippen molar-refractivity contribution in [1.29, 1.82) is 0 Å². The molecule has 0 saturated carbocycles. The fourth-order valence-electron chi connectivity index (χ4n) is 3.30. The summed E-state index contributed by atoms with van der Waals surface area (Å²) in [7, 11) is 0. The van der Waals surface area contributed by atoms with Crippen LogP contribution < -0.4 is 10.9 Å². The van der Waals surface area contributed by atoms with E-state index in [2.05, 4.69) is 25.4 Å². The molecule has 2 aromatic carbocycles. The summed E-state index contributed by atoms with van der Waals surface area (Å²) in [5.74, 6) is 1.88. The normalized spacial score (nSPS) is 11.3. The number of halogens is 1. The van der Waals surface area contributed by atoms with Crippen molar-refractivity contribution in [2.24, 2.45) is 0 Å². The first-order chi connectivity index (χ1) is 15.6. The van der Waals surface area contributed by atoms with Gasteiger partial charge in [0, 0.05) is 34.8 Å². The highest BCUT2D eigenvalue weighted by atomic mass is 35.5. The van der Waals surface area contributed by atoms with Crippen LogP contribution in [0.15, 0.2) is 70.9 Å². The summed E-state index contributed by atoms with van der Waals surface area (Å²) in [5, 5.41) is 9.79. The smallest absolute Gasteiger partial charge is 0.261 e. The molecule has 8 nitrogen and oxygen atoms in total. The Morgan fingerprint density at radius 3 is 2.75 bits per heavy atom. The Hall–Kier alpha value is -3.43. The SMILES string of the molecule is Cc1cc(Nc2ccc(Cl)cc2)n2nc(SCCn3cnc4ccccc4c3=O)nc2n1. The Labute approximate surface area is 192 Å². The van der Waals surface area contributed by atoms with E-state index in [1.807, 2.05) is 55.5 Å². The van der Waals surface area contributed by atoms with Crippen LogP contribution in [0, 0.1) is 6.92 Å². The van der Waals surface area contributed by atoms with Gasteiger partial charge in [0.15, 0.2) is 0 Å². The molecular weight excluding hydrogens is 446 g/mol. The third-order valence-electron chi connectivity index (χ3n) is 4.83. The summed E-state index contributed by atoms with van der Waals surface area (Å²) >= 11 is 7.44. The predicted octanol–water partition coefficient (Wildman–Crippen LogP) is 4.33. The Balaban J connectivity index is 1.34. The van der Waals surface area contributed by atoms with Gasteiger partial charge in [-0.25, -0.2) is 9.97 Å². The summed E-state index contributed by atoms with van der Waals surface area (Å²) in [6, 6.07) is 16.7. The van der Waals surface area contributed by atoms with Gasteiger partial charge < -0.3 is 5.32 Å². The summed E-state index contributed by atoms with van der Waals surface area (Å²) < 4.78 is 3.29. The van der Waals surface area contributed by atoms with E-state index in [1.165, 1.54) is 11.8 Å². The van der Waals surface area contributed by atoms with Crippen LogP contribution in [0.2, 0.25) is 5.02 Å². The molecule has 0 saturated heterocycles. The van der Waals surface area contributed by atoms with Crippen molar-refractivity contribution < 1.29 is 0 Å². The van der Waals surface area contributed by atoms with E-state index in [0.29, 0.717) is 39.2 Å². The van der Waals surface area contributed by atoms with Crippen LogP contribution in [0.1, 0.15) is 5.69 Å². The molecule has 0 fully saturated rings. The third kappa shape index (κ3) is 4.17. The lowest BCUT2D eigenvalue weighted by Gasteiger charge is -2.08. The fraction of sp³-hybridized carbons (Fsp3) is 0.136. The number of fused-ring (bicyclic) bond motifs is 2. The van der Waals surface area contributed by atoms with Gasteiger partial charge >= 0.3 is 0 Å². The minimum Gasteiger partial charge on any atom is -0.340 e. The zero-order valence-electron chi connectivity index (χ0n) is 17.1. The van der Waals surface area contributed by atoms with Gasteiger partial charge in [-0.2, -0.15) is 9.50 Å². The molecule has 5 aromatic rings. The van der Waals surface area contributed by atoms with E-state index in [9.17, 15) is 4.79 Å². The van der Waals surface area contributed by atoms with Crippen LogP contribution in [-0.4, -0.2) is 34.9 Å². The van der Waals surface area contributed by atoms with Gasteiger partial charge in [0.1, 0.15) is 5.82 Å². The second-order valence-electron chi connectivity index (χ2n) is 7.13. The highest BCUT2D eigenvalue weighted by molar-refractivity contribution is 7.99. The molecule has 0 atom stereocenters. The van der Waals surface area contributed by atoms with Crippen molar-refractivity contribution in [3.05, 3.63) is 82.0 Å². The number of nitrogens with zero attached hydrogens (tertiary/aromatic N) is 6. The van der Waals surface area contributed by atoms with E-state index in [4.69, 9.17) is 11.6 Å². The number of benzene rings is 2. The van der Waals surface area contributed by atoms with E-state index in [-0.39, 0.29) is 5.56 Å². The highest BCUT2D eigenvalue weighted by Crippen LogP contribution is 2.22. The quantitative estimate of drug-likeness (QED) is 0.375. The summed E-state index contributed by atoms with van der Waals surface area (Å²) in [4.78, 5) is 26.0. The molecule has 32 heavy (non-hydrogen) atoms. The summed E-state index contributed by atoms with van der Waals surface area (Å²) in [6.07, 6.45) is 1.58. The van der Waals surface area contributed by atoms with Gasteiger partial charge in [-0.1, -0.05) is 35.5 Å². The average molecular weight is 464 g/mol. The molecule has 0 aliphatic carbocycles. The van der Waals surface area contributed by atoms with Crippen molar-refractivity contribution in [2.45, 2.75) is 18.6 Å². The zero-order chi connectivity index (χ0) is 22.1. The standard InChI is InChI=1S/C22H18ClN7OS/c1-14-12-19(26-16-8-6-15(23)7-9-16)30-21(25-14)27-22(28-30)32-11-10-29-13-24-18-5-3-2-4-17(18)20(29)31/h2-9,12-13,26H,10-11H2,1H3. The second kappa shape index (κ2) is 8.60. The Morgan fingerprint density at radius 1 is 1.09 bits per heavy atom. The molecule has 0 aliphatic rings. The first-order valence-electron chi connectivity index (χ1n) is 9.91. The topological polar surface area (TPSA) is 90.0 Å². The van der Waals surface area contributed by atoms with Crippen LogP contribution in [0.4, 0.5) is 11.5 Å². The molecule has 160 valence electrons. The molecule has 10 heteroatoms. The van der Waals surface area contributed by atoms with Crippen LogP contribution in [0.5, 0.6) is 0 Å². The third-order valence-corrected chi connectivity index (χ3v) is 5.90. The molecule has 0 radical (unpaired) electrons. The summed E-state index contributed by atoms with van der Waals surface area (Å²) in [6.45, 7) is 2.41. The summed E-state index contributed by atoms with van der Waals surface area (Å²) in [5.41, 5.74) is 2.36. The van der Waals surface area contributed by atoms with E-state index >= 15 is 0 Å². The number of para-hydroxylation sites is 1. The maximum atomic E-state index is 12.6. The fourth-order valence-corrected chi connectivity index (χ4v) is 4.18. The Bertz CT molecular complexity index is 1480. The van der Waals surface area contributed by atoms with E-state index in [0.717, 1.165) is 17.2 Å². The van der Waals surface area contributed by atoms with Crippen molar-refractivity contribution >= 4 is 51.5 Å². The van der Waals surface area contributed by atoms with E-state index in [1.54, 1.807) is 21.5 Å². The van der Waals surface area contributed by atoms with Crippen molar-refractivity contribution in [3.63, 3.8) is 0 Å². The van der Waals surface area contributed by atoms with Crippen molar-refractivity contribution in [2.75, 3.05) is 11.1 Å². The lowest BCUT2D eigenvalue weighted by molar-refractivity contribution is 0.724. The molecule has 3 aromatic heterocycles. The molecule has 1 N–H and O–H groups in total. The molecule has 5 rings (SSSR count). The lowest BCUT2D eigenvalue weighted by atomic mass is 10.2. The molecule has 0 spiro atoms. The molecule has 0 aliphatic heterocycles. The number of nitrogens with one attached hydrogen (secondary N) is 1. The first-order valence-corrected chi connectivity index (χ1v) is 11.3. The average Bonchev–Trinajstić information content (AvgIpc) is 3.20. The van der Waals surface area contributed by atoms with Gasteiger partial charge in [-0.15, -0.1) is 5.10 Å². The van der Waals surface area contributed by atoms with Gasteiger partial charge in [0.25, 0.3) is 11.3 Å². The maximum Gasteiger partial charge on any atom is 0.261 e. The monoisotopic (exact) mass is 463 g/mol. The lowest BCUT2D eigenvalue weighted by Crippen LogP contribution is -2.21. The molecule has 3 heterocycles. The maximum absolute atomic E-state index is 12.6. The predicted molar refractivity (Wildman–Crippen MR) is 127 cm³/mol. The van der Waals surface area contributed by atoms with Gasteiger partial charge in [0.2, 0.25) is 5.16 Å². The van der Waals surface area contributed by atoms with Crippen molar-refractivity contribution in [3.8, 4) is 0 Å². The highest BCUT2D eigenvalue weighted by Gasteiger charge is 2.11. The Morgan fingerprint density at radius 2 is 1.91 bits per heavy atom. The molecular formula is C22H18ClN7OS. The number of rotatable bonds is 6. The van der Waals surface area contributed by atoms with E-state index < -0.39 is 0 Å². The molecule has 0 unspecified atom stereocenters. The van der Waals surface area contributed by atoms with Crippen LogP contribution in [0.3, 0.4) is 0 Å². The van der Waals surface area contributed by atoms with Crippen molar-refractivity contribution in [1.82, 2.24) is 29.1 Å². The molecule has 0 bridgehead atoms. The Kier molecular flexibility index (Phi) is 5.50. The van der Waals surface area contributed by atoms with Crippen LogP contribution >= 0.6 is 23.4 Å².